The first-order chi connectivity index (χ1) is 14.1. The highest BCUT2D eigenvalue weighted by Crippen LogP contribution is 2.30. The van der Waals surface area contributed by atoms with E-state index in [4.69, 9.17) is 4.74 Å². The summed E-state index contributed by atoms with van der Waals surface area (Å²) in [6.07, 6.45) is 0. The molecule has 0 unspecified atom stereocenters. The van der Waals surface area contributed by atoms with Gasteiger partial charge < -0.3 is 10.1 Å². The van der Waals surface area contributed by atoms with E-state index < -0.39 is 0 Å². The maximum absolute atomic E-state index is 12.4. The van der Waals surface area contributed by atoms with Gasteiger partial charge in [-0.2, -0.15) is 5.26 Å². The molecule has 0 aliphatic heterocycles. The van der Waals surface area contributed by atoms with E-state index >= 15 is 0 Å². The summed E-state index contributed by atoms with van der Waals surface area (Å²) in [6, 6.07) is 15.5. The maximum atomic E-state index is 12.4. The molecule has 29 heavy (non-hydrogen) atoms. The van der Waals surface area contributed by atoms with Crippen LogP contribution in [0.5, 0.6) is 5.75 Å². The normalized spacial score (nSPS) is 10.8. The Hall–Kier alpha value is -3.15. The largest absolute Gasteiger partial charge is 0.497 e. The van der Waals surface area contributed by atoms with Gasteiger partial charge in [0.1, 0.15) is 16.8 Å². The van der Waals surface area contributed by atoms with Crippen LogP contribution in [0.25, 0.3) is 21.1 Å². The van der Waals surface area contributed by atoms with Gasteiger partial charge in [-0.05, 0) is 43.3 Å². The molecule has 0 bridgehead atoms. The molecule has 0 aliphatic carbocycles. The zero-order valence-corrected chi connectivity index (χ0v) is 17.4. The topological polar surface area (TPSA) is 87.9 Å². The highest BCUT2D eigenvalue weighted by atomic mass is 32.2. The van der Waals surface area contributed by atoms with Crippen molar-refractivity contribution in [1.82, 2.24) is 9.97 Å². The van der Waals surface area contributed by atoms with E-state index in [0.717, 1.165) is 32.4 Å². The molecule has 0 fully saturated rings. The fourth-order valence-electron chi connectivity index (χ4n) is 2.84. The molecular weight excluding hydrogens is 404 g/mol. The monoisotopic (exact) mass is 420 g/mol. The number of aryl methyl sites for hydroxylation is 1. The number of methoxy groups -OCH3 is 1. The number of fused-ring (bicyclic) bond motifs is 2. The summed E-state index contributed by atoms with van der Waals surface area (Å²) in [5, 5.41) is 14.3. The minimum Gasteiger partial charge on any atom is -0.497 e. The number of amides is 1. The number of nitrogens with zero attached hydrogens (tertiary/aromatic N) is 3. The predicted octanol–water partition coefficient (Wildman–Crippen LogP) is 4.76. The number of thiazole rings is 1. The van der Waals surface area contributed by atoms with Gasteiger partial charge in [0.05, 0.1) is 34.2 Å². The smallest absolute Gasteiger partial charge is 0.236 e. The summed E-state index contributed by atoms with van der Waals surface area (Å²) < 4.78 is 6.15. The van der Waals surface area contributed by atoms with Gasteiger partial charge in [0.15, 0.2) is 5.13 Å². The molecule has 144 valence electrons. The summed E-state index contributed by atoms with van der Waals surface area (Å²) in [5.41, 5.74) is 3.18. The van der Waals surface area contributed by atoms with Crippen LogP contribution >= 0.6 is 23.1 Å². The summed E-state index contributed by atoms with van der Waals surface area (Å²) in [7, 11) is 1.61. The minimum atomic E-state index is -0.198. The van der Waals surface area contributed by atoms with E-state index in [0.29, 0.717) is 15.7 Å². The number of carbonyl (C=O) groups is 1. The molecular formula is C21H16N4O2S2. The Morgan fingerprint density at radius 3 is 2.83 bits per heavy atom. The molecule has 2 aromatic heterocycles. The lowest BCUT2D eigenvalue weighted by atomic mass is 10.1. The Kier molecular flexibility index (Phi) is 5.34. The van der Waals surface area contributed by atoms with Crippen LogP contribution in [0.4, 0.5) is 5.13 Å². The van der Waals surface area contributed by atoms with E-state index in [1.165, 1.54) is 23.1 Å². The van der Waals surface area contributed by atoms with Crippen molar-refractivity contribution < 1.29 is 9.53 Å². The number of carbonyl (C=O) groups excluding carboxylic acids is 1. The van der Waals surface area contributed by atoms with Crippen LogP contribution in [0.1, 0.15) is 11.1 Å². The van der Waals surface area contributed by atoms with Gasteiger partial charge in [0.2, 0.25) is 5.91 Å². The number of ether oxygens (including phenoxy) is 1. The maximum Gasteiger partial charge on any atom is 0.236 e. The Bertz CT molecular complexity index is 1280. The molecule has 8 heteroatoms. The standard InChI is InChI=1S/C21H16N4O2S2/c1-12-3-5-16-13(7-12)8-14(10-22)20(23-16)28-11-19(26)25-21-24-17-6-4-15(27-2)9-18(17)29-21/h3-9H,11H2,1-2H3,(H,24,25,26). The summed E-state index contributed by atoms with van der Waals surface area (Å²) in [4.78, 5) is 21.4. The van der Waals surface area contributed by atoms with Gasteiger partial charge in [0, 0.05) is 5.39 Å². The third-order valence-electron chi connectivity index (χ3n) is 4.24. The van der Waals surface area contributed by atoms with Crippen LogP contribution in [-0.2, 0) is 4.79 Å². The predicted molar refractivity (Wildman–Crippen MR) is 117 cm³/mol. The second-order valence-electron chi connectivity index (χ2n) is 6.34. The molecule has 1 amide bonds. The second-order valence-corrected chi connectivity index (χ2v) is 8.33. The quantitative estimate of drug-likeness (QED) is 0.468. The third kappa shape index (κ3) is 4.16. The van der Waals surface area contributed by atoms with Crippen molar-refractivity contribution in [2.45, 2.75) is 11.9 Å². The molecule has 0 saturated heterocycles. The molecule has 2 aromatic carbocycles. The zero-order valence-electron chi connectivity index (χ0n) is 15.7. The molecule has 6 nitrogen and oxygen atoms in total. The summed E-state index contributed by atoms with van der Waals surface area (Å²) in [6.45, 7) is 2.00. The van der Waals surface area contributed by atoms with Crippen molar-refractivity contribution in [1.29, 1.82) is 5.26 Å². The highest BCUT2D eigenvalue weighted by molar-refractivity contribution is 8.00. The lowest BCUT2D eigenvalue weighted by Crippen LogP contribution is -2.14. The Morgan fingerprint density at radius 2 is 2.03 bits per heavy atom. The fourth-order valence-corrected chi connectivity index (χ4v) is 4.52. The number of nitriles is 1. The molecule has 0 saturated carbocycles. The fraction of sp³-hybridized carbons (Fsp3) is 0.143. The van der Waals surface area contributed by atoms with Crippen molar-refractivity contribution >= 4 is 55.3 Å². The third-order valence-corrected chi connectivity index (χ3v) is 6.16. The highest BCUT2D eigenvalue weighted by Gasteiger charge is 2.13. The van der Waals surface area contributed by atoms with Crippen LogP contribution in [0.15, 0.2) is 47.5 Å². The molecule has 0 aliphatic rings. The van der Waals surface area contributed by atoms with Gasteiger partial charge in [0.25, 0.3) is 0 Å². The molecule has 2 heterocycles. The first-order valence-corrected chi connectivity index (χ1v) is 10.5. The average molecular weight is 421 g/mol. The molecule has 1 N–H and O–H groups in total. The second kappa shape index (κ2) is 8.07. The zero-order chi connectivity index (χ0) is 20.4. The molecule has 0 atom stereocenters. The summed E-state index contributed by atoms with van der Waals surface area (Å²) >= 11 is 2.63. The Morgan fingerprint density at radius 1 is 1.21 bits per heavy atom. The lowest BCUT2D eigenvalue weighted by molar-refractivity contribution is -0.113. The van der Waals surface area contributed by atoms with Crippen LogP contribution in [0.2, 0.25) is 0 Å². The van der Waals surface area contributed by atoms with E-state index in [-0.39, 0.29) is 11.7 Å². The number of hydrogen-bond donors (Lipinski definition) is 1. The molecule has 0 radical (unpaired) electrons. The number of aromatic nitrogens is 2. The average Bonchev–Trinajstić information content (AvgIpc) is 3.12. The van der Waals surface area contributed by atoms with Crippen LogP contribution < -0.4 is 10.1 Å². The van der Waals surface area contributed by atoms with E-state index in [9.17, 15) is 10.1 Å². The lowest BCUT2D eigenvalue weighted by Gasteiger charge is -2.06. The minimum absolute atomic E-state index is 0.137. The van der Waals surface area contributed by atoms with Crippen molar-refractivity contribution in [2.75, 3.05) is 18.2 Å². The first-order valence-electron chi connectivity index (χ1n) is 8.74. The number of anilines is 1. The van der Waals surface area contributed by atoms with Gasteiger partial charge in [-0.1, -0.05) is 34.7 Å². The van der Waals surface area contributed by atoms with E-state index in [2.05, 4.69) is 21.4 Å². The number of rotatable bonds is 5. The van der Waals surface area contributed by atoms with Crippen molar-refractivity contribution in [3.05, 3.63) is 53.6 Å². The van der Waals surface area contributed by atoms with Crippen LogP contribution in [0, 0.1) is 18.3 Å². The van der Waals surface area contributed by atoms with Gasteiger partial charge in [-0.25, -0.2) is 9.97 Å². The van der Waals surface area contributed by atoms with E-state index in [1.807, 2.05) is 49.4 Å². The Labute approximate surface area is 175 Å². The van der Waals surface area contributed by atoms with Crippen molar-refractivity contribution in [2.24, 2.45) is 0 Å². The molecule has 0 spiro atoms. The summed E-state index contributed by atoms with van der Waals surface area (Å²) in [5.74, 6) is 0.685. The number of benzene rings is 2. The number of nitrogens with one attached hydrogen (secondary N) is 1. The number of pyridine rings is 1. The Balaban J connectivity index is 1.48. The van der Waals surface area contributed by atoms with Gasteiger partial charge in [-0.15, -0.1) is 0 Å². The number of thioether (sulfide) groups is 1. The molecule has 4 aromatic rings. The van der Waals surface area contributed by atoms with Crippen molar-refractivity contribution in [3.8, 4) is 11.8 Å². The first kappa shape index (κ1) is 19.2. The molecule has 4 rings (SSSR count). The van der Waals surface area contributed by atoms with Gasteiger partial charge >= 0.3 is 0 Å². The SMILES string of the molecule is COc1ccc2nc(NC(=O)CSc3nc4ccc(C)cc4cc3C#N)sc2c1. The van der Waals surface area contributed by atoms with Crippen molar-refractivity contribution in [3.63, 3.8) is 0 Å². The van der Waals surface area contributed by atoms with Crippen LogP contribution in [0.3, 0.4) is 0 Å². The van der Waals surface area contributed by atoms with E-state index in [1.54, 1.807) is 7.11 Å². The van der Waals surface area contributed by atoms with Gasteiger partial charge in [-0.3, -0.25) is 4.79 Å². The number of hydrogen-bond acceptors (Lipinski definition) is 7. The van der Waals surface area contributed by atoms with Crippen LogP contribution in [-0.4, -0.2) is 28.7 Å².